The minimum absolute atomic E-state index is 0.327. The van der Waals surface area contributed by atoms with Gasteiger partial charge in [0.25, 0.3) is 0 Å². The molecule has 1 atom stereocenters. The zero-order chi connectivity index (χ0) is 14.5. The van der Waals surface area contributed by atoms with Gasteiger partial charge >= 0.3 is 0 Å². The van der Waals surface area contributed by atoms with Crippen molar-refractivity contribution in [2.24, 2.45) is 0 Å². The molecule has 2 aromatic rings. The number of para-hydroxylation sites is 1. The van der Waals surface area contributed by atoms with Gasteiger partial charge in [0.1, 0.15) is 5.75 Å². The van der Waals surface area contributed by atoms with E-state index in [0.29, 0.717) is 11.7 Å². The number of hydrogen-bond acceptors (Lipinski definition) is 1. The Kier molecular flexibility index (Phi) is 4.84. The molecular weight excluding hydrogens is 244 g/mol. The summed E-state index contributed by atoms with van der Waals surface area (Å²) in [7, 11) is 0. The van der Waals surface area contributed by atoms with Crippen LogP contribution in [0, 0.1) is 0 Å². The van der Waals surface area contributed by atoms with E-state index in [0.717, 1.165) is 24.8 Å². The summed E-state index contributed by atoms with van der Waals surface area (Å²) < 4.78 is 0. The lowest BCUT2D eigenvalue weighted by Crippen LogP contribution is -2.04. The largest absolute Gasteiger partial charge is 0.508 e. The lowest BCUT2D eigenvalue weighted by atomic mass is 9.88. The van der Waals surface area contributed by atoms with Gasteiger partial charge < -0.3 is 5.11 Å². The number of rotatable bonds is 5. The molecule has 0 spiro atoms. The van der Waals surface area contributed by atoms with E-state index in [1.165, 1.54) is 16.7 Å². The van der Waals surface area contributed by atoms with Crippen molar-refractivity contribution in [3.05, 3.63) is 64.7 Å². The van der Waals surface area contributed by atoms with Gasteiger partial charge in [-0.3, -0.25) is 0 Å². The van der Waals surface area contributed by atoms with Crippen LogP contribution in [0.3, 0.4) is 0 Å². The van der Waals surface area contributed by atoms with Crippen LogP contribution in [0.15, 0.2) is 42.5 Å². The van der Waals surface area contributed by atoms with Crippen molar-refractivity contribution in [1.29, 1.82) is 0 Å². The first-order valence-corrected chi connectivity index (χ1v) is 7.54. The Balaban J connectivity index is 2.28. The molecule has 106 valence electrons. The summed E-state index contributed by atoms with van der Waals surface area (Å²) in [6.45, 7) is 6.63. The standard InChI is InChI=1S/C19H24O/c1-4-15-9-8-10-16(17(15)5-2)13-14(3)18-11-6-7-12-19(18)20/h6-12,14,20H,4-5,13H2,1-3H3. The first-order chi connectivity index (χ1) is 9.67. The summed E-state index contributed by atoms with van der Waals surface area (Å²) in [6.07, 6.45) is 3.14. The van der Waals surface area contributed by atoms with Gasteiger partial charge in [0.15, 0.2) is 0 Å². The van der Waals surface area contributed by atoms with Crippen molar-refractivity contribution in [1.82, 2.24) is 0 Å². The summed E-state index contributed by atoms with van der Waals surface area (Å²) in [5.74, 6) is 0.735. The smallest absolute Gasteiger partial charge is 0.119 e. The monoisotopic (exact) mass is 268 g/mol. The molecule has 0 aliphatic carbocycles. The summed E-state index contributed by atoms with van der Waals surface area (Å²) in [5.41, 5.74) is 5.39. The number of phenols is 1. The fourth-order valence-electron chi connectivity index (χ4n) is 3.01. The lowest BCUT2D eigenvalue weighted by Gasteiger charge is -2.17. The van der Waals surface area contributed by atoms with E-state index >= 15 is 0 Å². The minimum atomic E-state index is 0.327. The molecule has 2 rings (SSSR count). The molecule has 1 nitrogen and oxygen atoms in total. The maximum Gasteiger partial charge on any atom is 0.119 e. The zero-order valence-electron chi connectivity index (χ0n) is 12.7. The SMILES string of the molecule is CCc1cccc(CC(C)c2ccccc2O)c1CC. The molecular formula is C19H24O. The van der Waals surface area contributed by atoms with Crippen LogP contribution in [0.4, 0.5) is 0 Å². The molecule has 0 radical (unpaired) electrons. The van der Waals surface area contributed by atoms with Gasteiger partial charge in [-0.25, -0.2) is 0 Å². The molecule has 0 aromatic heterocycles. The van der Waals surface area contributed by atoms with Crippen molar-refractivity contribution in [2.45, 2.75) is 46.0 Å². The van der Waals surface area contributed by atoms with Crippen LogP contribution in [0.5, 0.6) is 5.75 Å². The van der Waals surface area contributed by atoms with E-state index in [-0.39, 0.29) is 0 Å². The number of aromatic hydroxyl groups is 1. The number of benzene rings is 2. The Morgan fingerprint density at radius 2 is 1.60 bits per heavy atom. The summed E-state index contributed by atoms with van der Waals surface area (Å²) in [4.78, 5) is 0. The zero-order valence-corrected chi connectivity index (χ0v) is 12.7. The summed E-state index contributed by atoms with van der Waals surface area (Å²) in [6, 6.07) is 14.3. The molecule has 1 heteroatoms. The second-order valence-corrected chi connectivity index (χ2v) is 5.43. The average molecular weight is 268 g/mol. The van der Waals surface area contributed by atoms with Gasteiger partial charge in [-0.2, -0.15) is 0 Å². The number of aryl methyl sites for hydroxylation is 1. The van der Waals surface area contributed by atoms with Crippen molar-refractivity contribution in [2.75, 3.05) is 0 Å². The van der Waals surface area contributed by atoms with Crippen LogP contribution in [0.2, 0.25) is 0 Å². The Bertz CT molecular complexity index is 572. The predicted molar refractivity (Wildman–Crippen MR) is 85.4 cm³/mol. The van der Waals surface area contributed by atoms with Crippen LogP contribution >= 0.6 is 0 Å². The Morgan fingerprint density at radius 3 is 2.25 bits per heavy atom. The van der Waals surface area contributed by atoms with E-state index in [4.69, 9.17) is 0 Å². The van der Waals surface area contributed by atoms with Crippen molar-refractivity contribution in [3.63, 3.8) is 0 Å². The Hall–Kier alpha value is -1.76. The molecule has 0 aliphatic heterocycles. The minimum Gasteiger partial charge on any atom is -0.508 e. The first-order valence-electron chi connectivity index (χ1n) is 7.54. The molecule has 2 aromatic carbocycles. The molecule has 0 bridgehead atoms. The quantitative estimate of drug-likeness (QED) is 0.820. The van der Waals surface area contributed by atoms with E-state index in [1.807, 2.05) is 18.2 Å². The highest BCUT2D eigenvalue weighted by molar-refractivity contribution is 5.39. The summed E-state index contributed by atoms with van der Waals surface area (Å²) >= 11 is 0. The molecule has 0 saturated heterocycles. The maximum atomic E-state index is 9.99. The average Bonchev–Trinajstić information content (AvgIpc) is 2.47. The normalized spacial score (nSPS) is 12.3. The van der Waals surface area contributed by atoms with Gasteiger partial charge in [-0.1, -0.05) is 57.2 Å². The van der Waals surface area contributed by atoms with E-state index < -0.39 is 0 Å². The summed E-state index contributed by atoms with van der Waals surface area (Å²) in [5, 5.41) is 9.99. The first kappa shape index (κ1) is 14.6. The van der Waals surface area contributed by atoms with Gasteiger partial charge in [0.2, 0.25) is 0 Å². The second-order valence-electron chi connectivity index (χ2n) is 5.43. The van der Waals surface area contributed by atoms with Crippen LogP contribution in [0.1, 0.15) is 48.9 Å². The van der Waals surface area contributed by atoms with Crippen LogP contribution < -0.4 is 0 Å². The number of hydrogen-bond donors (Lipinski definition) is 1. The lowest BCUT2D eigenvalue weighted by molar-refractivity contribution is 0.462. The molecule has 0 fully saturated rings. The third kappa shape index (κ3) is 3.04. The van der Waals surface area contributed by atoms with Gasteiger partial charge in [0, 0.05) is 0 Å². The number of phenolic OH excluding ortho intramolecular Hbond substituents is 1. The van der Waals surface area contributed by atoms with Crippen molar-refractivity contribution < 1.29 is 5.11 Å². The molecule has 0 aliphatic rings. The van der Waals surface area contributed by atoms with E-state index in [2.05, 4.69) is 39.0 Å². The maximum absolute atomic E-state index is 9.99. The molecule has 0 saturated carbocycles. The Labute approximate surface area is 122 Å². The van der Waals surface area contributed by atoms with E-state index in [1.54, 1.807) is 6.07 Å². The van der Waals surface area contributed by atoms with Crippen LogP contribution in [0.25, 0.3) is 0 Å². The molecule has 20 heavy (non-hydrogen) atoms. The Morgan fingerprint density at radius 1 is 0.900 bits per heavy atom. The van der Waals surface area contributed by atoms with Crippen molar-refractivity contribution in [3.8, 4) is 5.75 Å². The van der Waals surface area contributed by atoms with Crippen LogP contribution in [-0.2, 0) is 19.3 Å². The third-order valence-electron chi connectivity index (χ3n) is 4.10. The molecule has 1 unspecified atom stereocenters. The molecule has 1 N–H and O–H groups in total. The van der Waals surface area contributed by atoms with Crippen molar-refractivity contribution >= 4 is 0 Å². The molecule has 0 heterocycles. The highest BCUT2D eigenvalue weighted by Crippen LogP contribution is 2.29. The topological polar surface area (TPSA) is 20.2 Å². The second kappa shape index (κ2) is 6.60. The van der Waals surface area contributed by atoms with Gasteiger partial charge in [0.05, 0.1) is 0 Å². The highest BCUT2D eigenvalue weighted by atomic mass is 16.3. The van der Waals surface area contributed by atoms with Crippen LogP contribution in [-0.4, -0.2) is 5.11 Å². The fraction of sp³-hybridized carbons (Fsp3) is 0.368. The van der Waals surface area contributed by atoms with Gasteiger partial charge in [-0.15, -0.1) is 0 Å². The highest BCUT2D eigenvalue weighted by Gasteiger charge is 2.13. The van der Waals surface area contributed by atoms with Gasteiger partial charge in [-0.05, 0) is 53.5 Å². The van der Waals surface area contributed by atoms with E-state index in [9.17, 15) is 5.11 Å². The fourth-order valence-corrected chi connectivity index (χ4v) is 3.01. The predicted octanol–water partition coefficient (Wildman–Crippen LogP) is 4.86. The third-order valence-corrected chi connectivity index (χ3v) is 4.10. The molecule has 0 amide bonds.